The van der Waals surface area contributed by atoms with E-state index in [1.165, 1.54) is 44.9 Å². The minimum absolute atomic E-state index is 0.275. The van der Waals surface area contributed by atoms with Crippen LogP contribution in [0.3, 0.4) is 0 Å². The smallest absolute Gasteiger partial charge is 0.303 e. The number of aliphatic carboxylic acids is 1. The van der Waals surface area contributed by atoms with Gasteiger partial charge in [0, 0.05) is 6.42 Å². The summed E-state index contributed by atoms with van der Waals surface area (Å²) in [6.07, 6.45) is 21.8. The standard InChI is InChI=1S/C21H34O3/c1-2-3-4-5-6-9-12-17-18(20-16-15-19(17)24-20)13-10-7-8-11-14-21(22)23/h2-3,7,10,17-20H,4-6,8-9,11-16H2,1H3,(H,22,23)/b3-2?,10-7-/t17-,18+,19-,20+/m1/s1. The third-order valence-corrected chi connectivity index (χ3v) is 5.57. The van der Waals surface area contributed by atoms with Crippen LogP contribution in [0.5, 0.6) is 0 Å². The van der Waals surface area contributed by atoms with Crippen molar-refractivity contribution in [2.45, 2.75) is 89.8 Å². The first-order valence-electron chi connectivity index (χ1n) is 9.85. The predicted octanol–water partition coefficient (Wildman–Crippen LogP) is 5.51. The molecule has 0 aromatic carbocycles. The van der Waals surface area contributed by atoms with Gasteiger partial charge in [0.1, 0.15) is 0 Å². The van der Waals surface area contributed by atoms with Gasteiger partial charge in [0.25, 0.3) is 0 Å². The molecule has 24 heavy (non-hydrogen) atoms. The van der Waals surface area contributed by atoms with E-state index < -0.39 is 5.97 Å². The van der Waals surface area contributed by atoms with Crippen molar-refractivity contribution in [1.82, 2.24) is 0 Å². The van der Waals surface area contributed by atoms with Gasteiger partial charge in [-0.05, 0) is 70.1 Å². The number of unbranched alkanes of at least 4 members (excludes halogenated alkanes) is 4. The zero-order valence-corrected chi connectivity index (χ0v) is 15.2. The molecule has 2 heterocycles. The topological polar surface area (TPSA) is 46.5 Å². The molecule has 2 saturated heterocycles. The molecule has 0 aromatic heterocycles. The summed E-state index contributed by atoms with van der Waals surface area (Å²) in [4.78, 5) is 10.5. The van der Waals surface area contributed by atoms with Crippen LogP contribution < -0.4 is 0 Å². The van der Waals surface area contributed by atoms with E-state index in [4.69, 9.17) is 9.84 Å². The van der Waals surface area contributed by atoms with Crippen LogP contribution in [0.4, 0.5) is 0 Å². The third-order valence-electron chi connectivity index (χ3n) is 5.57. The van der Waals surface area contributed by atoms with Gasteiger partial charge in [-0.3, -0.25) is 4.79 Å². The number of carbonyl (C=O) groups is 1. The zero-order valence-electron chi connectivity index (χ0n) is 15.2. The van der Waals surface area contributed by atoms with E-state index in [1.807, 2.05) is 0 Å². The van der Waals surface area contributed by atoms with Crippen molar-refractivity contribution in [3.05, 3.63) is 24.3 Å². The van der Waals surface area contributed by atoms with Crippen LogP contribution in [0, 0.1) is 11.8 Å². The Hall–Kier alpha value is -1.09. The van der Waals surface area contributed by atoms with E-state index >= 15 is 0 Å². The van der Waals surface area contributed by atoms with Crippen LogP contribution in [-0.4, -0.2) is 23.3 Å². The highest BCUT2D eigenvalue weighted by Gasteiger charge is 2.47. The molecule has 0 spiro atoms. The molecule has 3 heteroatoms. The molecule has 0 aromatic rings. The number of carboxylic acids is 1. The predicted molar refractivity (Wildman–Crippen MR) is 98.0 cm³/mol. The maximum absolute atomic E-state index is 10.5. The minimum atomic E-state index is -0.695. The maximum atomic E-state index is 10.5. The van der Waals surface area contributed by atoms with Gasteiger partial charge in [-0.1, -0.05) is 37.1 Å². The van der Waals surface area contributed by atoms with Crippen LogP contribution in [0.25, 0.3) is 0 Å². The Morgan fingerprint density at radius 1 is 1.00 bits per heavy atom. The fraction of sp³-hybridized carbons (Fsp3) is 0.762. The Morgan fingerprint density at radius 3 is 2.50 bits per heavy atom. The van der Waals surface area contributed by atoms with Gasteiger partial charge < -0.3 is 9.84 Å². The van der Waals surface area contributed by atoms with E-state index in [0.717, 1.165) is 25.2 Å². The quantitative estimate of drug-likeness (QED) is 0.378. The van der Waals surface area contributed by atoms with Crippen LogP contribution >= 0.6 is 0 Å². The minimum Gasteiger partial charge on any atom is -0.481 e. The third kappa shape index (κ3) is 6.08. The largest absolute Gasteiger partial charge is 0.481 e. The summed E-state index contributed by atoms with van der Waals surface area (Å²) in [5.41, 5.74) is 0. The van der Waals surface area contributed by atoms with Crippen molar-refractivity contribution < 1.29 is 14.6 Å². The molecule has 3 nitrogen and oxygen atoms in total. The number of carboxylic acid groups (broad SMARTS) is 1. The first-order chi connectivity index (χ1) is 11.7. The molecule has 2 bridgehead atoms. The Kier molecular flexibility index (Phi) is 8.58. The van der Waals surface area contributed by atoms with Gasteiger partial charge in [0.2, 0.25) is 0 Å². The van der Waals surface area contributed by atoms with Crippen LogP contribution in [0.15, 0.2) is 24.3 Å². The summed E-state index contributed by atoms with van der Waals surface area (Å²) in [6, 6.07) is 0. The van der Waals surface area contributed by atoms with Gasteiger partial charge in [-0.15, -0.1) is 0 Å². The first kappa shape index (κ1) is 19.2. The number of allylic oxidation sites excluding steroid dienone is 4. The second kappa shape index (κ2) is 10.7. The van der Waals surface area contributed by atoms with E-state index in [-0.39, 0.29) is 6.42 Å². The first-order valence-corrected chi connectivity index (χ1v) is 9.85. The van der Waals surface area contributed by atoms with Crippen molar-refractivity contribution in [2.24, 2.45) is 11.8 Å². The van der Waals surface area contributed by atoms with Crippen molar-refractivity contribution in [1.29, 1.82) is 0 Å². The molecule has 2 aliphatic heterocycles. The highest BCUT2D eigenvalue weighted by molar-refractivity contribution is 5.66. The van der Waals surface area contributed by atoms with Crippen molar-refractivity contribution >= 4 is 5.97 Å². The molecule has 0 radical (unpaired) electrons. The lowest BCUT2D eigenvalue weighted by Gasteiger charge is -2.27. The normalized spacial score (nSPS) is 29.2. The van der Waals surface area contributed by atoms with Crippen molar-refractivity contribution in [2.75, 3.05) is 0 Å². The Balaban J connectivity index is 1.67. The molecule has 2 aliphatic rings. The molecular weight excluding hydrogens is 300 g/mol. The SMILES string of the molecule is CC=CCCCCC[C@@H]1[C@H](C/C=C\CCCC(=O)O)[C@@H]2CC[C@H]1O2. The van der Waals surface area contributed by atoms with Crippen LogP contribution in [0.2, 0.25) is 0 Å². The summed E-state index contributed by atoms with van der Waals surface area (Å²) in [7, 11) is 0. The average molecular weight is 335 g/mol. The molecule has 0 unspecified atom stereocenters. The number of hydrogen-bond donors (Lipinski definition) is 1. The summed E-state index contributed by atoms with van der Waals surface area (Å²) < 4.78 is 6.18. The second-order valence-corrected chi connectivity index (χ2v) is 7.32. The fourth-order valence-corrected chi connectivity index (χ4v) is 4.33. The van der Waals surface area contributed by atoms with E-state index in [2.05, 4.69) is 31.2 Å². The van der Waals surface area contributed by atoms with Gasteiger partial charge in [0.05, 0.1) is 12.2 Å². The van der Waals surface area contributed by atoms with Gasteiger partial charge >= 0.3 is 5.97 Å². The van der Waals surface area contributed by atoms with Gasteiger partial charge in [-0.25, -0.2) is 0 Å². The number of fused-ring (bicyclic) bond motifs is 2. The highest BCUT2D eigenvalue weighted by Crippen LogP contribution is 2.47. The van der Waals surface area contributed by atoms with Crippen molar-refractivity contribution in [3.8, 4) is 0 Å². The molecule has 136 valence electrons. The number of ether oxygens (including phenoxy) is 1. The maximum Gasteiger partial charge on any atom is 0.303 e. The molecule has 4 atom stereocenters. The Labute approximate surface area is 147 Å². The summed E-state index contributed by atoms with van der Waals surface area (Å²) >= 11 is 0. The van der Waals surface area contributed by atoms with Crippen LogP contribution in [-0.2, 0) is 9.53 Å². The van der Waals surface area contributed by atoms with E-state index in [1.54, 1.807) is 0 Å². The van der Waals surface area contributed by atoms with Crippen molar-refractivity contribution in [3.63, 3.8) is 0 Å². The monoisotopic (exact) mass is 334 g/mol. The average Bonchev–Trinajstić information content (AvgIpc) is 3.15. The lowest BCUT2D eigenvalue weighted by molar-refractivity contribution is -0.137. The van der Waals surface area contributed by atoms with Crippen LogP contribution in [0.1, 0.15) is 77.6 Å². The molecular formula is C21H34O3. The number of rotatable bonds is 12. The lowest BCUT2D eigenvalue weighted by Crippen LogP contribution is -2.26. The molecule has 0 amide bonds. The highest BCUT2D eigenvalue weighted by atomic mass is 16.5. The Morgan fingerprint density at radius 2 is 1.75 bits per heavy atom. The molecule has 0 saturated carbocycles. The van der Waals surface area contributed by atoms with Gasteiger partial charge in [0.15, 0.2) is 0 Å². The van der Waals surface area contributed by atoms with E-state index in [9.17, 15) is 4.79 Å². The lowest BCUT2D eigenvalue weighted by atomic mass is 9.75. The van der Waals surface area contributed by atoms with Gasteiger partial charge in [-0.2, -0.15) is 0 Å². The molecule has 1 N–H and O–H groups in total. The molecule has 0 aliphatic carbocycles. The number of hydrogen-bond acceptors (Lipinski definition) is 2. The summed E-state index contributed by atoms with van der Waals surface area (Å²) in [5, 5.41) is 8.65. The second-order valence-electron chi connectivity index (χ2n) is 7.32. The Bertz CT molecular complexity index is 427. The fourth-order valence-electron chi connectivity index (χ4n) is 4.33. The summed E-state index contributed by atoms with van der Waals surface area (Å²) in [5.74, 6) is 0.739. The molecule has 2 fully saturated rings. The molecule has 2 rings (SSSR count). The zero-order chi connectivity index (χ0) is 17.2. The van der Waals surface area contributed by atoms with E-state index in [0.29, 0.717) is 18.1 Å². The summed E-state index contributed by atoms with van der Waals surface area (Å²) in [6.45, 7) is 2.09.